The normalized spacial score (nSPS) is 28.1. The van der Waals surface area contributed by atoms with Crippen molar-refractivity contribution in [2.75, 3.05) is 7.11 Å². The van der Waals surface area contributed by atoms with Gasteiger partial charge in [0.25, 0.3) is 0 Å². The van der Waals surface area contributed by atoms with Gasteiger partial charge in [0.2, 0.25) is 0 Å². The van der Waals surface area contributed by atoms with E-state index in [0.29, 0.717) is 5.92 Å². The van der Waals surface area contributed by atoms with Crippen molar-refractivity contribution in [3.63, 3.8) is 0 Å². The van der Waals surface area contributed by atoms with Gasteiger partial charge in [0.05, 0.1) is 13.2 Å². The highest BCUT2D eigenvalue weighted by molar-refractivity contribution is 9.10. The van der Waals surface area contributed by atoms with Crippen LogP contribution in [0.5, 0.6) is 5.75 Å². The van der Waals surface area contributed by atoms with Gasteiger partial charge in [0.15, 0.2) is 0 Å². The number of ether oxygens (including phenoxy) is 1. The fourth-order valence-corrected chi connectivity index (χ4v) is 3.75. The van der Waals surface area contributed by atoms with Crippen LogP contribution in [0.15, 0.2) is 22.7 Å². The number of hydrogen-bond donors (Lipinski definition) is 2. The van der Waals surface area contributed by atoms with Gasteiger partial charge < -0.3 is 4.74 Å². The molecule has 20 heavy (non-hydrogen) atoms. The maximum Gasteiger partial charge on any atom is 0.119 e. The zero-order valence-electron chi connectivity index (χ0n) is 12.5. The first-order chi connectivity index (χ1) is 9.56. The van der Waals surface area contributed by atoms with Crippen LogP contribution >= 0.6 is 15.9 Å². The van der Waals surface area contributed by atoms with Crippen molar-refractivity contribution in [3.05, 3.63) is 28.2 Å². The summed E-state index contributed by atoms with van der Waals surface area (Å²) < 4.78 is 6.43. The Bertz CT molecular complexity index is 452. The van der Waals surface area contributed by atoms with Crippen LogP contribution in [0.2, 0.25) is 0 Å². The van der Waals surface area contributed by atoms with Crippen LogP contribution in [0.25, 0.3) is 0 Å². The minimum Gasteiger partial charge on any atom is -0.497 e. The van der Waals surface area contributed by atoms with Crippen LogP contribution in [0.4, 0.5) is 0 Å². The van der Waals surface area contributed by atoms with Crippen molar-refractivity contribution in [3.8, 4) is 5.75 Å². The Morgan fingerprint density at radius 2 is 2.05 bits per heavy atom. The van der Waals surface area contributed by atoms with E-state index in [-0.39, 0.29) is 6.04 Å². The number of hydrazine groups is 1. The summed E-state index contributed by atoms with van der Waals surface area (Å²) in [6.45, 7) is 4.71. The van der Waals surface area contributed by atoms with Crippen LogP contribution in [0, 0.1) is 17.8 Å². The number of methoxy groups -OCH3 is 1. The lowest BCUT2D eigenvalue weighted by Gasteiger charge is -2.37. The molecule has 1 aromatic carbocycles. The van der Waals surface area contributed by atoms with Crippen LogP contribution in [0.3, 0.4) is 0 Å². The minimum absolute atomic E-state index is 0.175. The Labute approximate surface area is 130 Å². The van der Waals surface area contributed by atoms with E-state index in [2.05, 4.69) is 41.3 Å². The number of halogens is 1. The number of nitrogens with one attached hydrogen (secondary N) is 1. The largest absolute Gasteiger partial charge is 0.497 e. The third-order valence-electron chi connectivity index (χ3n) is 4.83. The summed E-state index contributed by atoms with van der Waals surface area (Å²) in [5.74, 6) is 8.89. The van der Waals surface area contributed by atoms with Gasteiger partial charge in [-0.1, -0.05) is 36.2 Å². The third-order valence-corrected chi connectivity index (χ3v) is 5.55. The highest BCUT2D eigenvalue weighted by Crippen LogP contribution is 2.41. The van der Waals surface area contributed by atoms with Gasteiger partial charge >= 0.3 is 0 Å². The molecule has 0 aliphatic heterocycles. The molecule has 0 radical (unpaired) electrons. The van der Waals surface area contributed by atoms with E-state index < -0.39 is 0 Å². The molecule has 1 aliphatic carbocycles. The Morgan fingerprint density at radius 1 is 1.30 bits per heavy atom. The van der Waals surface area contributed by atoms with E-state index in [9.17, 15) is 0 Å². The van der Waals surface area contributed by atoms with Crippen LogP contribution < -0.4 is 16.0 Å². The summed E-state index contributed by atoms with van der Waals surface area (Å²) in [7, 11) is 1.70. The van der Waals surface area contributed by atoms with Gasteiger partial charge in [-0.05, 0) is 54.4 Å². The second-order valence-corrected chi connectivity index (χ2v) is 6.91. The molecular formula is C16H25BrN2O. The average molecular weight is 341 g/mol. The van der Waals surface area contributed by atoms with Crippen molar-refractivity contribution in [1.29, 1.82) is 0 Å². The maximum absolute atomic E-state index is 5.86. The molecule has 4 unspecified atom stereocenters. The molecule has 4 atom stereocenters. The first-order valence-electron chi connectivity index (χ1n) is 7.36. The Kier molecular flexibility index (Phi) is 5.47. The molecule has 0 saturated heterocycles. The number of hydrogen-bond acceptors (Lipinski definition) is 3. The summed E-state index contributed by atoms with van der Waals surface area (Å²) in [4.78, 5) is 0. The maximum atomic E-state index is 5.86. The van der Waals surface area contributed by atoms with Gasteiger partial charge in [-0.25, -0.2) is 0 Å². The predicted octanol–water partition coefficient (Wildman–Crippen LogP) is 4.03. The zero-order valence-corrected chi connectivity index (χ0v) is 14.1. The van der Waals surface area contributed by atoms with Crippen LogP contribution in [-0.2, 0) is 0 Å². The molecule has 3 N–H and O–H groups in total. The summed E-state index contributed by atoms with van der Waals surface area (Å²) in [6, 6.07) is 6.26. The fraction of sp³-hybridized carbons (Fsp3) is 0.625. The van der Waals surface area contributed by atoms with Gasteiger partial charge in [-0.3, -0.25) is 11.3 Å². The van der Waals surface area contributed by atoms with E-state index >= 15 is 0 Å². The van der Waals surface area contributed by atoms with Gasteiger partial charge in [-0.15, -0.1) is 0 Å². The lowest BCUT2D eigenvalue weighted by atomic mass is 9.72. The topological polar surface area (TPSA) is 47.3 Å². The highest BCUT2D eigenvalue weighted by Gasteiger charge is 2.31. The van der Waals surface area contributed by atoms with E-state index in [4.69, 9.17) is 10.6 Å². The number of rotatable bonds is 4. The Balaban J connectivity index is 2.23. The number of nitrogens with two attached hydrogens (primary N) is 1. The molecule has 0 amide bonds. The van der Waals surface area contributed by atoms with Crippen LogP contribution in [0.1, 0.15) is 44.7 Å². The second-order valence-electron chi connectivity index (χ2n) is 6.06. The molecule has 0 heterocycles. The molecule has 4 heteroatoms. The van der Waals surface area contributed by atoms with Crippen molar-refractivity contribution in [2.45, 2.75) is 39.2 Å². The van der Waals surface area contributed by atoms with Gasteiger partial charge in [0.1, 0.15) is 5.75 Å². The molecule has 3 nitrogen and oxygen atoms in total. The lowest BCUT2D eigenvalue weighted by molar-refractivity contribution is 0.171. The van der Waals surface area contributed by atoms with Crippen molar-refractivity contribution in [2.24, 2.45) is 23.6 Å². The molecule has 1 saturated carbocycles. The smallest absolute Gasteiger partial charge is 0.119 e. The van der Waals surface area contributed by atoms with Crippen molar-refractivity contribution in [1.82, 2.24) is 5.43 Å². The van der Waals surface area contributed by atoms with Crippen molar-refractivity contribution >= 4 is 15.9 Å². The summed E-state index contributed by atoms with van der Waals surface area (Å²) in [5.41, 5.74) is 4.22. The average Bonchev–Trinajstić information content (AvgIpc) is 2.45. The molecule has 0 spiro atoms. The summed E-state index contributed by atoms with van der Waals surface area (Å²) in [6.07, 6.45) is 3.73. The molecule has 1 fully saturated rings. The van der Waals surface area contributed by atoms with E-state index in [0.717, 1.165) is 22.1 Å². The monoisotopic (exact) mass is 340 g/mol. The fourth-order valence-electron chi connectivity index (χ4n) is 3.26. The first-order valence-corrected chi connectivity index (χ1v) is 8.15. The lowest BCUT2D eigenvalue weighted by Crippen LogP contribution is -2.37. The third kappa shape index (κ3) is 3.35. The Hall–Kier alpha value is -0.580. The van der Waals surface area contributed by atoms with E-state index in [1.807, 2.05) is 12.1 Å². The van der Waals surface area contributed by atoms with Crippen molar-refractivity contribution < 1.29 is 4.74 Å². The zero-order chi connectivity index (χ0) is 14.7. The highest BCUT2D eigenvalue weighted by atomic mass is 79.9. The van der Waals surface area contributed by atoms with Crippen LogP contribution in [-0.4, -0.2) is 7.11 Å². The Morgan fingerprint density at radius 3 is 2.65 bits per heavy atom. The molecule has 2 rings (SSSR count). The minimum atomic E-state index is 0.175. The molecule has 0 aromatic heterocycles. The van der Waals surface area contributed by atoms with Gasteiger partial charge in [-0.2, -0.15) is 0 Å². The number of benzene rings is 1. The van der Waals surface area contributed by atoms with E-state index in [1.54, 1.807) is 7.11 Å². The molecule has 0 bridgehead atoms. The second kappa shape index (κ2) is 6.92. The summed E-state index contributed by atoms with van der Waals surface area (Å²) >= 11 is 3.64. The molecule has 1 aromatic rings. The predicted molar refractivity (Wildman–Crippen MR) is 86.4 cm³/mol. The van der Waals surface area contributed by atoms with E-state index in [1.165, 1.54) is 24.8 Å². The first kappa shape index (κ1) is 15.8. The molecule has 112 valence electrons. The summed E-state index contributed by atoms with van der Waals surface area (Å²) in [5, 5.41) is 0. The SMILES string of the molecule is COc1ccc(Br)c(C(NN)C2CCC(C)C(C)C2)c1. The molecule has 1 aliphatic rings. The quantitative estimate of drug-likeness (QED) is 0.642. The molecular weight excluding hydrogens is 316 g/mol. The standard InChI is InChI=1S/C16H25BrN2O/c1-10-4-5-12(8-11(10)2)16(19-18)14-9-13(20-3)6-7-15(14)17/h6-7,9-12,16,19H,4-5,8,18H2,1-3H3. The van der Waals surface area contributed by atoms with Gasteiger partial charge in [0, 0.05) is 4.47 Å².